The summed E-state index contributed by atoms with van der Waals surface area (Å²) in [7, 11) is 1.81. The van der Waals surface area contributed by atoms with Crippen LogP contribution in [0.3, 0.4) is 0 Å². The quantitative estimate of drug-likeness (QED) is 0.831. The molecule has 1 fully saturated rings. The second-order valence-electron chi connectivity index (χ2n) is 5.96. The molecule has 0 bridgehead atoms. The zero-order valence-corrected chi connectivity index (χ0v) is 12.5. The predicted octanol–water partition coefficient (Wildman–Crippen LogP) is 4.89. The van der Waals surface area contributed by atoms with Gasteiger partial charge in [-0.25, -0.2) is 8.78 Å². The van der Waals surface area contributed by atoms with Crippen LogP contribution in [0, 0.1) is 24.5 Å². The molecule has 0 heterocycles. The van der Waals surface area contributed by atoms with E-state index in [1.807, 2.05) is 7.05 Å². The smallest absolute Gasteiger partial charge is 0.133 e. The van der Waals surface area contributed by atoms with Crippen molar-refractivity contribution >= 4 is 0 Å². The zero-order chi connectivity index (χ0) is 14.5. The van der Waals surface area contributed by atoms with Crippen molar-refractivity contribution in [1.29, 1.82) is 0 Å². The molecule has 1 unspecified atom stereocenters. The number of halogens is 2. The summed E-state index contributed by atoms with van der Waals surface area (Å²) in [5.74, 6) is -0.480. The molecule has 0 aliphatic heterocycles. The molecule has 20 heavy (non-hydrogen) atoms. The van der Waals surface area contributed by atoms with E-state index in [-0.39, 0.29) is 17.4 Å². The Morgan fingerprint density at radius 2 is 1.65 bits per heavy atom. The van der Waals surface area contributed by atoms with Gasteiger partial charge in [0.2, 0.25) is 0 Å². The Balaban J connectivity index is 2.28. The van der Waals surface area contributed by atoms with Gasteiger partial charge in [0, 0.05) is 11.6 Å². The first-order valence-corrected chi connectivity index (χ1v) is 7.77. The molecule has 0 spiro atoms. The maximum atomic E-state index is 14.4. The third-order valence-electron chi connectivity index (χ3n) is 4.56. The van der Waals surface area contributed by atoms with Crippen LogP contribution in [0.25, 0.3) is 0 Å². The van der Waals surface area contributed by atoms with E-state index in [1.165, 1.54) is 31.4 Å². The maximum absolute atomic E-state index is 14.4. The lowest BCUT2D eigenvalue weighted by molar-refractivity contribution is 0.287. The van der Waals surface area contributed by atoms with Crippen molar-refractivity contribution in [2.45, 2.75) is 57.9 Å². The summed E-state index contributed by atoms with van der Waals surface area (Å²) >= 11 is 0. The summed E-state index contributed by atoms with van der Waals surface area (Å²) in [5, 5.41) is 3.17. The van der Waals surface area contributed by atoms with Gasteiger partial charge in [-0.15, -0.1) is 0 Å². The van der Waals surface area contributed by atoms with Gasteiger partial charge >= 0.3 is 0 Å². The van der Waals surface area contributed by atoms with Gasteiger partial charge in [-0.2, -0.15) is 0 Å². The minimum absolute atomic E-state index is 0.215. The van der Waals surface area contributed by atoms with Gasteiger partial charge < -0.3 is 5.32 Å². The molecule has 1 aromatic rings. The standard InChI is InChI=1S/C17H25F2N/c1-12-10-11-14(18)15(16(12)19)17(20-2)13-8-6-4-3-5-7-9-13/h10-11,13,17,20H,3-9H2,1-2H3. The second-order valence-corrected chi connectivity index (χ2v) is 5.96. The third-order valence-corrected chi connectivity index (χ3v) is 4.56. The van der Waals surface area contributed by atoms with Crippen LogP contribution in [-0.2, 0) is 0 Å². The molecular weight excluding hydrogens is 256 g/mol. The predicted molar refractivity (Wildman–Crippen MR) is 78.7 cm³/mol. The number of aryl methyl sites for hydroxylation is 1. The average Bonchev–Trinajstić information content (AvgIpc) is 2.40. The van der Waals surface area contributed by atoms with E-state index in [0.29, 0.717) is 11.5 Å². The summed E-state index contributed by atoms with van der Waals surface area (Å²) in [6.45, 7) is 1.70. The molecule has 0 radical (unpaired) electrons. The summed E-state index contributed by atoms with van der Waals surface area (Å²) in [5.41, 5.74) is 0.755. The minimum atomic E-state index is -0.422. The first-order chi connectivity index (χ1) is 9.65. The van der Waals surface area contributed by atoms with Crippen LogP contribution < -0.4 is 5.32 Å². The molecule has 1 aromatic carbocycles. The van der Waals surface area contributed by atoms with E-state index in [9.17, 15) is 8.78 Å². The molecule has 1 atom stereocenters. The van der Waals surface area contributed by atoms with Crippen LogP contribution in [0.4, 0.5) is 8.78 Å². The van der Waals surface area contributed by atoms with E-state index in [0.717, 1.165) is 25.7 Å². The van der Waals surface area contributed by atoms with Gasteiger partial charge in [-0.3, -0.25) is 0 Å². The summed E-state index contributed by atoms with van der Waals surface area (Å²) in [6.07, 6.45) is 8.22. The highest BCUT2D eigenvalue weighted by molar-refractivity contribution is 5.29. The zero-order valence-electron chi connectivity index (χ0n) is 12.5. The van der Waals surface area contributed by atoms with Crippen molar-refractivity contribution in [3.63, 3.8) is 0 Å². The normalized spacial score (nSPS) is 19.4. The molecule has 1 aliphatic rings. The number of hydrogen-bond donors (Lipinski definition) is 1. The molecule has 3 heteroatoms. The highest BCUT2D eigenvalue weighted by atomic mass is 19.1. The van der Waals surface area contributed by atoms with E-state index in [4.69, 9.17) is 0 Å². The molecule has 1 N–H and O–H groups in total. The van der Waals surface area contributed by atoms with E-state index in [2.05, 4.69) is 5.32 Å². The van der Waals surface area contributed by atoms with Crippen molar-refractivity contribution in [3.8, 4) is 0 Å². The minimum Gasteiger partial charge on any atom is -0.313 e. The van der Waals surface area contributed by atoms with Gasteiger partial charge in [0.1, 0.15) is 11.6 Å². The average molecular weight is 281 g/mol. The fourth-order valence-corrected chi connectivity index (χ4v) is 3.40. The molecule has 1 nitrogen and oxygen atoms in total. The number of benzene rings is 1. The molecule has 0 aromatic heterocycles. The van der Waals surface area contributed by atoms with Crippen molar-refractivity contribution in [2.75, 3.05) is 7.05 Å². The second kappa shape index (κ2) is 7.16. The SMILES string of the molecule is CNC(c1c(F)ccc(C)c1F)C1CCCCCCC1. The van der Waals surface area contributed by atoms with Crippen LogP contribution in [-0.4, -0.2) is 7.05 Å². The summed E-state index contributed by atoms with van der Waals surface area (Å²) in [4.78, 5) is 0. The molecule has 1 aliphatic carbocycles. The van der Waals surface area contributed by atoms with Crippen molar-refractivity contribution in [1.82, 2.24) is 5.32 Å². The van der Waals surface area contributed by atoms with E-state index in [1.54, 1.807) is 6.92 Å². The molecular formula is C17H25F2N. The van der Waals surface area contributed by atoms with E-state index >= 15 is 0 Å². The molecule has 112 valence electrons. The van der Waals surface area contributed by atoms with Crippen LogP contribution in [0.2, 0.25) is 0 Å². The lowest BCUT2D eigenvalue weighted by Gasteiger charge is -2.29. The monoisotopic (exact) mass is 281 g/mol. The largest absolute Gasteiger partial charge is 0.313 e. The number of rotatable bonds is 3. The van der Waals surface area contributed by atoms with Crippen LogP contribution in [0.15, 0.2) is 12.1 Å². The van der Waals surface area contributed by atoms with Gasteiger partial charge in [0.15, 0.2) is 0 Å². The fourth-order valence-electron chi connectivity index (χ4n) is 3.40. The highest BCUT2D eigenvalue weighted by Crippen LogP contribution is 2.35. The van der Waals surface area contributed by atoms with Crippen molar-refractivity contribution in [3.05, 3.63) is 34.9 Å². The summed E-state index contributed by atoms with van der Waals surface area (Å²) in [6, 6.07) is 2.69. The highest BCUT2D eigenvalue weighted by Gasteiger charge is 2.28. The molecule has 1 saturated carbocycles. The molecule has 2 rings (SSSR count). The summed E-state index contributed by atoms with van der Waals surface area (Å²) < 4.78 is 28.5. The van der Waals surface area contributed by atoms with Crippen molar-refractivity contribution < 1.29 is 8.78 Å². The van der Waals surface area contributed by atoms with Crippen LogP contribution in [0.5, 0.6) is 0 Å². The fraction of sp³-hybridized carbons (Fsp3) is 0.647. The Labute approximate surface area is 120 Å². The van der Waals surface area contributed by atoms with E-state index < -0.39 is 5.82 Å². The van der Waals surface area contributed by atoms with Gasteiger partial charge in [-0.05, 0) is 44.4 Å². The Bertz CT molecular complexity index is 437. The lowest BCUT2D eigenvalue weighted by atomic mass is 9.82. The maximum Gasteiger partial charge on any atom is 0.133 e. The number of nitrogens with one attached hydrogen (secondary N) is 1. The van der Waals surface area contributed by atoms with Crippen molar-refractivity contribution in [2.24, 2.45) is 5.92 Å². The third kappa shape index (κ3) is 3.38. The number of hydrogen-bond acceptors (Lipinski definition) is 1. The Morgan fingerprint density at radius 1 is 1.05 bits per heavy atom. The van der Waals surface area contributed by atoms with Crippen LogP contribution >= 0.6 is 0 Å². The van der Waals surface area contributed by atoms with Gasteiger partial charge in [0.25, 0.3) is 0 Å². The van der Waals surface area contributed by atoms with Gasteiger partial charge in [-0.1, -0.05) is 38.2 Å². The van der Waals surface area contributed by atoms with Crippen LogP contribution in [0.1, 0.15) is 62.1 Å². The Hall–Kier alpha value is -0.960. The van der Waals surface area contributed by atoms with Gasteiger partial charge in [0.05, 0.1) is 0 Å². The first-order valence-electron chi connectivity index (χ1n) is 7.77. The Kier molecular flexibility index (Phi) is 5.53. The first kappa shape index (κ1) is 15.4. The molecule has 0 saturated heterocycles. The lowest BCUT2D eigenvalue weighted by Crippen LogP contribution is -2.28. The topological polar surface area (TPSA) is 12.0 Å². The Morgan fingerprint density at radius 3 is 2.25 bits per heavy atom. The molecule has 0 amide bonds.